The van der Waals surface area contributed by atoms with Gasteiger partial charge in [-0.1, -0.05) is 20.3 Å². The van der Waals surface area contributed by atoms with E-state index in [-0.39, 0.29) is 6.61 Å². The summed E-state index contributed by atoms with van der Waals surface area (Å²) in [6.45, 7) is 4.82. The summed E-state index contributed by atoms with van der Waals surface area (Å²) in [5, 5.41) is 8.60. The van der Waals surface area contributed by atoms with Crippen molar-refractivity contribution in [2.24, 2.45) is 5.92 Å². The van der Waals surface area contributed by atoms with Gasteiger partial charge in [-0.25, -0.2) is 4.72 Å². The van der Waals surface area contributed by atoms with Gasteiger partial charge in [0.1, 0.15) is 0 Å². The van der Waals surface area contributed by atoms with Gasteiger partial charge in [0.05, 0.1) is 0 Å². The van der Waals surface area contributed by atoms with E-state index in [9.17, 15) is 8.42 Å². The van der Waals surface area contributed by atoms with Crippen molar-refractivity contribution in [1.29, 1.82) is 0 Å². The van der Waals surface area contributed by atoms with Gasteiger partial charge >= 0.3 is 0 Å². The second-order valence-corrected chi connectivity index (χ2v) is 5.63. The lowest BCUT2D eigenvalue weighted by Crippen LogP contribution is -2.40. The maximum Gasteiger partial charge on any atom is 0.279 e. The van der Waals surface area contributed by atoms with Crippen LogP contribution in [0, 0.1) is 5.92 Å². The van der Waals surface area contributed by atoms with Crippen molar-refractivity contribution in [3.63, 3.8) is 0 Å². The van der Waals surface area contributed by atoms with E-state index in [0.717, 1.165) is 6.42 Å². The minimum atomic E-state index is -3.37. The molecule has 0 rings (SSSR count). The molecule has 1 unspecified atom stereocenters. The first-order valence-electron chi connectivity index (χ1n) is 5.25. The molecule has 0 heterocycles. The van der Waals surface area contributed by atoms with Crippen molar-refractivity contribution in [2.75, 3.05) is 26.7 Å². The number of nitrogens with zero attached hydrogens (tertiary/aromatic N) is 1. The van der Waals surface area contributed by atoms with E-state index in [1.807, 2.05) is 13.8 Å². The van der Waals surface area contributed by atoms with Crippen LogP contribution in [0.15, 0.2) is 0 Å². The van der Waals surface area contributed by atoms with E-state index in [4.69, 9.17) is 5.11 Å². The molecule has 0 aliphatic rings. The van der Waals surface area contributed by atoms with Crippen LogP contribution in [0.5, 0.6) is 0 Å². The zero-order chi connectivity index (χ0) is 11.9. The molecule has 6 heteroatoms. The highest BCUT2D eigenvalue weighted by Crippen LogP contribution is 2.01. The summed E-state index contributed by atoms with van der Waals surface area (Å²) in [6.07, 6.45) is 1.41. The molecule has 0 aromatic heterocycles. The lowest BCUT2D eigenvalue weighted by atomic mass is 10.1. The second kappa shape index (κ2) is 7.16. The third kappa shape index (κ3) is 6.09. The Hall–Kier alpha value is -0.170. The molecule has 0 spiro atoms. The third-order valence-electron chi connectivity index (χ3n) is 2.35. The average molecular weight is 238 g/mol. The van der Waals surface area contributed by atoms with Crippen LogP contribution in [-0.4, -0.2) is 44.6 Å². The molecule has 5 nitrogen and oxygen atoms in total. The highest BCUT2D eigenvalue weighted by atomic mass is 32.2. The number of aliphatic hydroxyl groups is 1. The Bertz CT molecular complexity index is 254. The van der Waals surface area contributed by atoms with Crippen LogP contribution in [-0.2, 0) is 10.2 Å². The molecule has 0 amide bonds. The molecule has 0 aliphatic carbocycles. The first-order valence-corrected chi connectivity index (χ1v) is 6.69. The molecule has 0 bridgehead atoms. The maximum absolute atomic E-state index is 11.6. The first-order chi connectivity index (χ1) is 6.94. The van der Waals surface area contributed by atoms with E-state index in [0.29, 0.717) is 25.4 Å². The fourth-order valence-corrected chi connectivity index (χ4v) is 2.00. The van der Waals surface area contributed by atoms with Crippen LogP contribution in [0.2, 0.25) is 0 Å². The standard InChI is InChI=1S/C9H22N2O3S/c1-4-9(2)8-10-15(13,14)11(3)6-5-7-12/h9-10,12H,4-8H2,1-3H3. The zero-order valence-corrected chi connectivity index (χ0v) is 10.5. The Morgan fingerprint density at radius 1 is 1.47 bits per heavy atom. The molecule has 1 atom stereocenters. The number of hydrogen-bond donors (Lipinski definition) is 2. The van der Waals surface area contributed by atoms with Gasteiger partial charge in [0, 0.05) is 26.7 Å². The summed E-state index contributed by atoms with van der Waals surface area (Å²) in [6, 6.07) is 0. The topological polar surface area (TPSA) is 69.6 Å². The van der Waals surface area contributed by atoms with E-state index in [2.05, 4.69) is 4.72 Å². The molecular weight excluding hydrogens is 216 g/mol. The molecule has 0 saturated carbocycles. The van der Waals surface area contributed by atoms with Gasteiger partial charge in [-0.15, -0.1) is 0 Å². The molecule has 0 radical (unpaired) electrons. The van der Waals surface area contributed by atoms with Crippen molar-refractivity contribution in [2.45, 2.75) is 26.7 Å². The summed E-state index contributed by atoms with van der Waals surface area (Å²) in [5.41, 5.74) is 0. The average Bonchev–Trinajstić information content (AvgIpc) is 2.22. The van der Waals surface area contributed by atoms with Crippen LogP contribution < -0.4 is 4.72 Å². The summed E-state index contributed by atoms with van der Waals surface area (Å²) >= 11 is 0. The van der Waals surface area contributed by atoms with Crippen molar-refractivity contribution in [3.05, 3.63) is 0 Å². The van der Waals surface area contributed by atoms with Crippen molar-refractivity contribution >= 4 is 10.2 Å². The Balaban J connectivity index is 4.05. The summed E-state index contributed by atoms with van der Waals surface area (Å²) in [5.74, 6) is 0.339. The van der Waals surface area contributed by atoms with Crippen LogP contribution in [0.25, 0.3) is 0 Å². The van der Waals surface area contributed by atoms with Gasteiger partial charge in [0.25, 0.3) is 10.2 Å². The minimum absolute atomic E-state index is 0.00518. The van der Waals surface area contributed by atoms with Crippen molar-refractivity contribution in [1.82, 2.24) is 9.03 Å². The summed E-state index contributed by atoms with van der Waals surface area (Å²) in [7, 11) is -1.86. The Morgan fingerprint density at radius 3 is 2.53 bits per heavy atom. The highest BCUT2D eigenvalue weighted by molar-refractivity contribution is 7.87. The van der Waals surface area contributed by atoms with E-state index < -0.39 is 10.2 Å². The molecule has 2 N–H and O–H groups in total. The highest BCUT2D eigenvalue weighted by Gasteiger charge is 2.16. The van der Waals surface area contributed by atoms with E-state index in [1.165, 1.54) is 11.4 Å². The predicted molar refractivity (Wildman–Crippen MR) is 60.7 cm³/mol. The molecule has 92 valence electrons. The Morgan fingerprint density at radius 2 is 2.07 bits per heavy atom. The van der Waals surface area contributed by atoms with Crippen LogP contribution in [0.1, 0.15) is 26.7 Å². The third-order valence-corrected chi connectivity index (χ3v) is 3.89. The van der Waals surface area contributed by atoms with Crippen molar-refractivity contribution < 1.29 is 13.5 Å². The fraction of sp³-hybridized carbons (Fsp3) is 1.00. The largest absolute Gasteiger partial charge is 0.396 e. The lowest BCUT2D eigenvalue weighted by molar-refractivity contribution is 0.275. The van der Waals surface area contributed by atoms with E-state index in [1.54, 1.807) is 0 Å². The quantitative estimate of drug-likeness (QED) is 0.634. The van der Waals surface area contributed by atoms with Gasteiger partial charge in [-0.3, -0.25) is 0 Å². The molecule has 0 aromatic rings. The van der Waals surface area contributed by atoms with Crippen LogP contribution in [0.3, 0.4) is 0 Å². The van der Waals surface area contributed by atoms with Crippen LogP contribution in [0.4, 0.5) is 0 Å². The van der Waals surface area contributed by atoms with Gasteiger partial charge < -0.3 is 5.11 Å². The maximum atomic E-state index is 11.6. The molecule has 0 fully saturated rings. The minimum Gasteiger partial charge on any atom is -0.396 e. The molecule has 15 heavy (non-hydrogen) atoms. The number of rotatable bonds is 8. The van der Waals surface area contributed by atoms with Crippen molar-refractivity contribution in [3.8, 4) is 0 Å². The Labute approximate surface area is 92.7 Å². The number of aliphatic hydroxyl groups excluding tert-OH is 1. The van der Waals surface area contributed by atoms with Gasteiger partial charge in [-0.2, -0.15) is 12.7 Å². The monoisotopic (exact) mass is 238 g/mol. The lowest BCUT2D eigenvalue weighted by Gasteiger charge is -2.18. The summed E-state index contributed by atoms with van der Waals surface area (Å²) < 4.78 is 26.9. The Kier molecular flexibility index (Phi) is 7.08. The fourth-order valence-electron chi connectivity index (χ4n) is 0.916. The second-order valence-electron chi connectivity index (χ2n) is 3.77. The molecule has 0 saturated heterocycles. The normalized spacial score (nSPS) is 14.5. The molecule has 0 aliphatic heterocycles. The zero-order valence-electron chi connectivity index (χ0n) is 9.73. The van der Waals surface area contributed by atoms with E-state index >= 15 is 0 Å². The smallest absolute Gasteiger partial charge is 0.279 e. The van der Waals surface area contributed by atoms with Gasteiger partial charge in [0.2, 0.25) is 0 Å². The predicted octanol–water partition coefficient (Wildman–Crippen LogP) is 0.181. The first kappa shape index (κ1) is 14.8. The van der Waals surface area contributed by atoms with Gasteiger partial charge in [-0.05, 0) is 12.3 Å². The molecular formula is C9H22N2O3S. The number of nitrogens with one attached hydrogen (secondary N) is 1. The van der Waals surface area contributed by atoms with Gasteiger partial charge in [0.15, 0.2) is 0 Å². The number of hydrogen-bond acceptors (Lipinski definition) is 3. The molecule has 0 aromatic carbocycles. The SMILES string of the molecule is CCC(C)CNS(=O)(=O)N(C)CCCO. The van der Waals surface area contributed by atoms with Crippen LogP contribution >= 0.6 is 0 Å². The summed E-state index contributed by atoms with van der Waals surface area (Å²) in [4.78, 5) is 0.